The van der Waals surface area contributed by atoms with E-state index in [0.29, 0.717) is 52.4 Å². The highest BCUT2D eigenvalue weighted by atomic mass is 16.4. The largest absolute Gasteiger partial charge is 0.481 e. The smallest absolute Gasteiger partial charge is 0.307 e. The van der Waals surface area contributed by atoms with E-state index in [4.69, 9.17) is 4.98 Å². The molecule has 7 nitrogen and oxygen atoms in total. The Kier molecular flexibility index (Phi) is 10.5. The van der Waals surface area contributed by atoms with Crippen molar-refractivity contribution in [3.8, 4) is 0 Å². The van der Waals surface area contributed by atoms with Crippen LogP contribution in [-0.4, -0.2) is 35.1 Å². The molecule has 3 aromatic carbocycles. The molecule has 8 rings (SSSR count). The summed E-state index contributed by atoms with van der Waals surface area (Å²) in [4.78, 5) is 44.4. The molecule has 2 heterocycles. The van der Waals surface area contributed by atoms with Crippen molar-refractivity contribution in [3.63, 3.8) is 0 Å². The van der Waals surface area contributed by atoms with Crippen molar-refractivity contribution in [3.05, 3.63) is 114 Å². The third kappa shape index (κ3) is 7.87. The maximum absolute atomic E-state index is 14.1. The number of aromatic nitrogens is 1. The zero-order chi connectivity index (χ0) is 36.3. The highest BCUT2D eigenvalue weighted by Crippen LogP contribution is 2.39. The second kappa shape index (κ2) is 15.8. The summed E-state index contributed by atoms with van der Waals surface area (Å²) < 4.78 is 0. The van der Waals surface area contributed by atoms with E-state index in [1.165, 1.54) is 64.1 Å². The van der Waals surface area contributed by atoms with E-state index in [9.17, 15) is 19.5 Å². The number of carboxylic acid groups (broad SMARTS) is 1. The fraction of sp³-hybridized carbons (Fsp3) is 0.435. The Hall–Kier alpha value is -4.62. The van der Waals surface area contributed by atoms with Crippen molar-refractivity contribution in [2.24, 2.45) is 17.8 Å². The average Bonchev–Trinajstić information content (AvgIpc) is 3.31. The van der Waals surface area contributed by atoms with E-state index in [1.54, 1.807) is 12.1 Å². The number of rotatable bonds is 10. The van der Waals surface area contributed by atoms with Gasteiger partial charge in [-0.05, 0) is 143 Å². The van der Waals surface area contributed by atoms with Crippen LogP contribution in [0.2, 0.25) is 0 Å². The van der Waals surface area contributed by atoms with E-state index < -0.39 is 5.97 Å². The Morgan fingerprint density at radius 1 is 0.830 bits per heavy atom. The lowest BCUT2D eigenvalue weighted by Gasteiger charge is -2.32. The first-order valence-corrected chi connectivity index (χ1v) is 20.0. The third-order valence-corrected chi connectivity index (χ3v) is 12.6. The van der Waals surface area contributed by atoms with Crippen molar-refractivity contribution in [1.82, 2.24) is 10.3 Å². The molecule has 3 N–H and O–H groups in total. The molecular formula is C46H51N3O4. The van der Waals surface area contributed by atoms with Crippen LogP contribution in [0.1, 0.15) is 98.9 Å². The Labute approximate surface area is 311 Å². The van der Waals surface area contributed by atoms with Crippen molar-refractivity contribution < 1.29 is 14.7 Å². The van der Waals surface area contributed by atoms with Gasteiger partial charge in [0, 0.05) is 23.4 Å². The molecule has 1 aliphatic heterocycles. The normalized spacial score (nSPS) is 20.0. The zero-order valence-corrected chi connectivity index (χ0v) is 30.7. The van der Waals surface area contributed by atoms with Gasteiger partial charge in [-0.2, -0.15) is 0 Å². The molecule has 0 spiro atoms. The van der Waals surface area contributed by atoms with Crippen LogP contribution in [0, 0.1) is 28.2 Å². The van der Waals surface area contributed by atoms with Crippen LogP contribution in [0.5, 0.6) is 0 Å². The minimum Gasteiger partial charge on any atom is -0.481 e. The number of benzene rings is 3. The highest BCUT2D eigenvalue weighted by Gasteiger charge is 2.32. The Morgan fingerprint density at radius 2 is 1.64 bits per heavy atom. The molecule has 1 saturated heterocycles. The molecule has 0 bridgehead atoms. The molecule has 4 aromatic rings. The van der Waals surface area contributed by atoms with Crippen LogP contribution < -0.4 is 26.6 Å². The molecule has 2 fully saturated rings. The lowest BCUT2D eigenvalue weighted by molar-refractivity contribution is -0.136. The number of amides is 1. The van der Waals surface area contributed by atoms with Gasteiger partial charge in [-0.1, -0.05) is 80.7 Å². The van der Waals surface area contributed by atoms with Gasteiger partial charge in [0.15, 0.2) is 0 Å². The zero-order valence-electron chi connectivity index (χ0n) is 30.7. The molecule has 4 aliphatic rings. The number of nitrogens with one attached hydrogen (secondary N) is 2. The predicted octanol–water partition coefficient (Wildman–Crippen LogP) is 6.66. The van der Waals surface area contributed by atoms with Crippen molar-refractivity contribution in [2.45, 2.75) is 95.8 Å². The quantitative estimate of drug-likeness (QED) is 0.170. The second-order valence-corrected chi connectivity index (χ2v) is 16.0. The number of anilines is 1. The van der Waals surface area contributed by atoms with Gasteiger partial charge in [-0.15, -0.1) is 0 Å². The molecule has 2 atom stereocenters. The first kappa shape index (κ1) is 35.4. The van der Waals surface area contributed by atoms with Crippen LogP contribution in [0.25, 0.3) is 22.9 Å². The lowest BCUT2D eigenvalue weighted by Crippen LogP contribution is -2.30. The number of carboxylic acids is 1. The summed E-state index contributed by atoms with van der Waals surface area (Å²) in [5.41, 5.74) is 4.04. The maximum Gasteiger partial charge on any atom is 0.307 e. The number of hydrogen-bond acceptors (Lipinski definition) is 5. The van der Waals surface area contributed by atoms with Crippen LogP contribution in [-0.2, 0) is 28.9 Å². The SMILES string of the molecule is O=C(O)Cc1cc2cc(NC(=O)CCC3CCNCC3)ccc2c(=O)nc1C1Cc2c3c(ccc2=CC1CCC1CCCCC1)=c1ccccc1=CC3. The van der Waals surface area contributed by atoms with Gasteiger partial charge in [0.2, 0.25) is 5.91 Å². The van der Waals surface area contributed by atoms with Crippen LogP contribution in [0.4, 0.5) is 5.69 Å². The summed E-state index contributed by atoms with van der Waals surface area (Å²) in [6, 6.07) is 20.3. The molecule has 3 aliphatic carbocycles. The third-order valence-electron chi connectivity index (χ3n) is 12.6. The van der Waals surface area contributed by atoms with E-state index in [2.05, 4.69) is 59.2 Å². The molecule has 274 valence electrons. The van der Waals surface area contributed by atoms with E-state index in [-0.39, 0.29) is 29.7 Å². The first-order valence-electron chi connectivity index (χ1n) is 20.0. The lowest BCUT2D eigenvalue weighted by atomic mass is 9.72. The summed E-state index contributed by atoms with van der Waals surface area (Å²) in [5.74, 6) is 0.256. The molecule has 7 heteroatoms. The Balaban J connectivity index is 1.19. The number of carbonyl (C=O) groups is 2. The topological polar surface area (TPSA) is 108 Å². The van der Waals surface area contributed by atoms with Crippen LogP contribution >= 0.6 is 0 Å². The summed E-state index contributed by atoms with van der Waals surface area (Å²) in [6.07, 6.45) is 18.1. The minimum atomic E-state index is -0.954. The Bertz CT molecular complexity index is 2320. The van der Waals surface area contributed by atoms with Gasteiger partial charge in [0.05, 0.1) is 12.1 Å². The van der Waals surface area contributed by atoms with Gasteiger partial charge < -0.3 is 15.7 Å². The number of nitrogens with zero attached hydrogens (tertiary/aromatic N) is 1. The fourth-order valence-electron chi connectivity index (χ4n) is 9.74. The fourth-order valence-corrected chi connectivity index (χ4v) is 9.74. The van der Waals surface area contributed by atoms with Gasteiger partial charge >= 0.3 is 5.97 Å². The van der Waals surface area contributed by atoms with Gasteiger partial charge in [-0.3, -0.25) is 14.4 Å². The molecule has 0 radical (unpaired) electrons. The molecule has 1 amide bonds. The summed E-state index contributed by atoms with van der Waals surface area (Å²) >= 11 is 0. The van der Waals surface area contributed by atoms with Crippen molar-refractivity contribution in [2.75, 3.05) is 18.4 Å². The highest BCUT2D eigenvalue weighted by molar-refractivity contribution is 5.94. The standard InChI is InChI=1S/C46H51N3O4/c50-43(19-11-30-20-22-47-23-21-30)48-36-15-18-38-34(26-36)25-35(27-44(51)52)45(49-46(38)53)42-28-41-32(24-33(42)12-10-29-6-2-1-3-7-29)14-17-39-37-9-5-4-8-31(37)13-16-40(39)41/h4-5,8-9,13-15,17-18,24-26,29-30,33,42,47H,1-3,6-7,10-12,16,19-23,27-28H2,(H,48,50)(H,51,52). The summed E-state index contributed by atoms with van der Waals surface area (Å²) in [6.45, 7) is 2.00. The number of aliphatic carboxylic acids is 1. The minimum absolute atomic E-state index is 0.0458. The average molecular weight is 710 g/mol. The number of carbonyl (C=O) groups excluding carboxylic acids is 1. The van der Waals surface area contributed by atoms with E-state index in [1.807, 2.05) is 12.1 Å². The van der Waals surface area contributed by atoms with E-state index >= 15 is 0 Å². The number of piperidine rings is 1. The second-order valence-electron chi connectivity index (χ2n) is 16.0. The van der Waals surface area contributed by atoms with Gasteiger partial charge in [-0.25, -0.2) is 4.98 Å². The van der Waals surface area contributed by atoms with Crippen LogP contribution in [0.3, 0.4) is 0 Å². The Morgan fingerprint density at radius 3 is 2.47 bits per heavy atom. The summed E-state index contributed by atoms with van der Waals surface area (Å²) in [5, 5.41) is 22.7. The number of hydrogen-bond donors (Lipinski definition) is 3. The maximum atomic E-state index is 14.1. The van der Waals surface area contributed by atoms with Gasteiger partial charge in [0.25, 0.3) is 5.56 Å². The number of fused-ring (bicyclic) bond motifs is 5. The van der Waals surface area contributed by atoms with E-state index in [0.717, 1.165) is 51.6 Å². The van der Waals surface area contributed by atoms with Crippen LogP contribution in [0.15, 0.2) is 65.5 Å². The monoisotopic (exact) mass is 709 g/mol. The molecular weight excluding hydrogens is 659 g/mol. The molecule has 53 heavy (non-hydrogen) atoms. The molecule has 1 saturated carbocycles. The molecule has 1 aromatic heterocycles. The van der Waals surface area contributed by atoms with Crippen molar-refractivity contribution >= 4 is 40.5 Å². The predicted molar refractivity (Wildman–Crippen MR) is 211 cm³/mol. The summed E-state index contributed by atoms with van der Waals surface area (Å²) in [7, 11) is 0. The first-order chi connectivity index (χ1) is 25.9. The molecule has 2 unspecified atom stereocenters. The van der Waals surface area contributed by atoms with Gasteiger partial charge in [0.1, 0.15) is 0 Å². The van der Waals surface area contributed by atoms with Crippen molar-refractivity contribution in [1.29, 1.82) is 0 Å².